The molecule has 0 unspecified atom stereocenters. The lowest BCUT2D eigenvalue weighted by molar-refractivity contribution is -0.123. The molecule has 2 atom stereocenters. The molecule has 0 bridgehead atoms. The van der Waals surface area contributed by atoms with Crippen molar-refractivity contribution in [3.63, 3.8) is 0 Å². The fourth-order valence-corrected chi connectivity index (χ4v) is 3.41. The van der Waals surface area contributed by atoms with Crippen molar-refractivity contribution in [1.82, 2.24) is 15.5 Å². The molecule has 2 aromatic rings. The average molecular weight is 355 g/mol. The number of carbonyl (C=O) groups is 1. The molecule has 1 saturated heterocycles. The Kier molecular flexibility index (Phi) is 6.01. The lowest BCUT2D eigenvalue weighted by atomic mass is 9.91. The van der Waals surface area contributed by atoms with Crippen molar-refractivity contribution in [2.75, 3.05) is 14.1 Å². The van der Waals surface area contributed by atoms with Crippen molar-refractivity contribution in [3.05, 3.63) is 71.0 Å². The summed E-state index contributed by atoms with van der Waals surface area (Å²) in [5, 5.41) is 6.54. The van der Waals surface area contributed by atoms with Gasteiger partial charge in [0.15, 0.2) is 0 Å². The minimum absolute atomic E-state index is 0.0188. The highest BCUT2D eigenvalue weighted by atomic mass is 19.1. The molecule has 5 heteroatoms. The Morgan fingerprint density at radius 1 is 1.15 bits per heavy atom. The normalized spacial score (nSPS) is 20.2. The van der Waals surface area contributed by atoms with Crippen molar-refractivity contribution < 1.29 is 9.18 Å². The number of piperidine rings is 1. The molecule has 0 aromatic heterocycles. The second-order valence-corrected chi connectivity index (χ2v) is 7.18. The minimum atomic E-state index is -0.280. The summed E-state index contributed by atoms with van der Waals surface area (Å²) in [7, 11) is 4.11. The van der Waals surface area contributed by atoms with Crippen LogP contribution in [0.5, 0.6) is 0 Å². The van der Waals surface area contributed by atoms with E-state index in [0.29, 0.717) is 13.0 Å². The summed E-state index contributed by atoms with van der Waals surface area (Å²) in [6.45, 7) is 1.64. The second kappa shape index (κ2) is 8.43. The summed E-state index contributed by atoms with van der Waals surface area (Å²) >= 11 is 0. The summed E-state index contributed by atoms with van der Waals surface area (Å²) in [4.78, 5) is 14.0. The van der Waals surface area contributed by atoms with E-state index in [-0.39, 0.29) is 23.8 Å². The number of hydrogen-bond donors (Lipinski definition) is 2. The molecule has 1 heterocycles. The van der Waals surface area contributed by atoms with Gasteiger partial charge in [-0.15, -0.1) is 0 Å². The zero-order chi connectivity index (χ0) is 18.5. The van der Waals surface area contributed by atoms with E-state index < -0.39 is 0 Å². The molecular weight excluding hydrogens is 329 g/mol. The first-order chi connectivity index (χ1) is 12.5. The van der Waals surface area contributed by atoms with E-state index in [4.69, 9.17) is 0 Å². The van der Waals surface area contributed by atoms with Crippen LogP contribution in [0, 0.1) is 5.82 Å². The van der Waals surface area contributed by atoms with E-state index in [1.165, 1.54) is 23.3 Å². The van der Waals surface area contributed by atoms with Crippen LogP contribution in [0.25, 0.3) is 0 Å². The van der Waals surface area contributed by atoms with Crippen LogP contribution in [0.4, 0.5) is 4.39 Å². The predicted octanol–water partition coefficient (Wildman–Crippen LogP) is 3.00. The SMILES string of the molecule is CN(C)Cc1ccc(CN[C@@H]2CCC(=O)N[C@H]2c2cccc(F)c2)cc1. The summed E-state index contributed by atoms with van der Waals surface area (Å²) in [6, 6.07) is 14.9. The van der Waals surface area contributed by atoms with Gasteiger partial charge in [-0.2, -0.15) is 0 Å². The largest absolute Gasteiger partial charge is 0.348 e. The lowest BCUT2D eigenvalue weighted by Gasteiger charge is -2.33. The molecule has 1 aliphatic rings. The van der Waals surface area contributed by atoms with E-state index in [1.54, 1.807) is 6.07 Å². The van der Waals surface area contributed by atoms with Crippen LogP contribution in [-0.2, 0) is 17.9 Å². The third-order valence-corrected chi connectivity index (χ3v) is 4.70. The quantitative estimate of drug-likeness (QED) is 0.837. The fourth-order valence-electron chi connectivity index (χ4n) is 3.41. The standard InChI is InChI=1S/C21H26FN3O/c1-25(2)14-16-8-6-15(7-9-16)13-23-19-10-11-20(26)24-21(19)17-4-3-5-18(22)12-17/h3-9,12,19,21,23H,10-11,13-14H2,1-2H3,(H,24,26)/t19-,21+/m1/s1. The molecule has 26 heavy (non-hydrogen) atoms. The number of nitrogens with zero attached hydrogens (tertiary/aromatic N) is 1. The van der Waals surface area contributed by atoms with E-state index in [9.17, 15) is 9.18 Å². The van der Waals surface area contributed by atoms with Crippen molar-refractivity contribution in [3.8, 4) is 0 Å². The van der Waals surface area contributed by atoms with Crippen molar-refractivity contribution in [2.45, 2.75) is 38.0 Å². The van der Waals surface area contributed by atoms with Crippen LogP contribution in [-0.4, -0.2) is 30.9 Å². The number of carbonyl (C=O) groups excluding carboxylic acids is 1. The summed E-state index contributed by atoms with van der Waals surface area (Å²) < 4.78 is 13.6. The van der Waals surface area contributed by atoms with Crippen LogP contribution in [0.3, 0.4) is 0 Å². The van der Waals surface area contributed by atoms with E-state index >= 15 is 0 Å². The average Bonchev–Trinajstić information content (AvgIpc) is 2.61. The molecule has 0 saturated carbocycles. The molecular formula is C21H26FN3O. The van der Waals surface area contributed by atoms with Gasteiger partial charge in [0.2, 0.25) is 5.91 Å². The molecule has 1 aliphatic heterocycles. The van der Waals surface area contributed by atoms with Gasteiger partial charge < -0.3 is 15.5 Å². The maximum absolute atomic E-state index is 13.6. The lowest BCUT2D eigenvalue weighted by Crippen LogP contribution is -2.48. The van der Waals surface area contributed by atoms with Crippen LogP contribution < -0.4 is 10.6 Å². The van der Waals surface area contributed by atoms with Gasteiger partial charge in [-0.05, 0) is 49.3 Å². The van der Waals surface area contributed by atoms with Crippen LogP contribution >= 0.6 is 0 Å². The molecule has 3 rings (SSSR count). The van der Waals surface area contributed by atoms with Gasteiger partial charge in [-0.25, -0.2) is 4.39 Å². The Labute approximate surface area is 154 Å². The van der Waals surface area contributed by atoms with Gasteiger partial charge in [0.1, 0.15) is 5.82 Å². The van der Waals surface area contributed by atoms with Gasteiger partial charge in [0.25, 0.3) is 0 Å². The molecule has 2 aromatic carbocycles. The molecule has 1 amide bonds. The van der Waals surface area contributed by atoms with E-state index in [0.717, 1.165) is 18.5 Å². The number of hydrogen-bond acceptors (Lipinski definition) is 3. The van der Waals surface area contributed by atoms with Gasteiger partial charge in [-0.3, -0.25) is 4.79 Å². The highest BCUT2D eigenvalue weighted by Crippen LogP contribution is 2.25. The third-order valence-electron chi connectivity index (χ3n) is 4.70. The van der Waals surface area contributed by atoms with E-state index in [1.807, 2.05) is 6.07 Å². The monoisotopic (exact) mass is 355 g/mol. The Morgan fingerprint density at radius 3 is 2.58 bits per heavy atom. The molecule has 0 radical (unpaired) electrons. The first-order valence-corrected chi connectivity index (χ1v) is 9.02. The summed E-state index contributed by atoms with van der Waals surface area (Å²) in [6.07, 6.45) is 1.23. The minimum Gasteiger partial charge on any atom is -0.348 e. The fraction of sp³-hybridized carbons (Fsp3) is 0.381. The Bertz CT molecular complexity index is 745. The summed E-state index contributed by atoms with van der Waals surface area (Å²) in [5.41, 5.74) is 3.28. The van der Waals surface area contributed by atoms with Crippen LogP contribution in [0.1, 0.15) is 35.6 Å². The van der Waals surface area contributed by atoms with Crippen molar-refractivity contribution in [2.24, 2.45) is 0 Å². The predicted molar refractivity (Wildman–Crippen MR) is 101 cm³/mol. The third kappa shape index (κ3) is 4.90. The topological polar surface area (TPSA) is 44.4 Å². The van der Waals surface area contributed by atoms with Gasteiger partial charge >= 0.3 is 0 Å². The maximum atomic E-state index is 13.6. The Morgan fingerprint density at radius 2 is 1.88 bits per heavy atom. The van der Waals surface area contributed by atoms with Crippen molar-refractivity contribution >= 4 is 5.91 Å². The maximum Gasteiger partial charge on any atom is 0.220 e. The van der Waals surface area contributed by atoms with Crippen LogP contribution in [0.15, 0.2) is 48.5 Å². The molecule has 2 N–H and O–H groups in total. The van der Waals surface area contributed by atoms with Gasteiger partial charge in [-0.1, -0.05) is 36.4 Å². The highest BCUT2D eigenvalue weighted by Gasteiger charge is 2.29. The number of halogens is 1. The van der Waals surface area contributed by atoms with Gasteiger partial charge in [0, 0.05) is 25.6 Å². The van der Waals surface area contributed by atoms with Crippen LogP contribution in [0.2, 0.25) is 0 Å². The Hall–Kier alpha value is -2.24. The second-order valence-electron chi connectivity index (χ2n) is 7.18. The smallest absolute Gasteiger partial charge is 0.220 e. The van der Waals surface area contributed by atoms with Crippen molar-refractivity contribution in [1.29, 1.82) is 0 Å². The Balaban J connectivity index is 1.66. The van der Waals surface area contributed by atoms with E-state index in [2.05, 4.69) is 53.9 Å². The highest BCUT2D eigenvalue weighted by molar-refractivity contribution is 5.77. The molecule has 0 spiro atoms. The van der Waals surface area contributed by atoms with Gasteiger partial charge in [0.05, 0.1) is 6.04 Å². The molecule has 0 aliphatic carbocycles. The number of rotatable bonds is 6. The first kappa shape index (κ1) is 18.5. The number of amides is 1. The molecule has 4 nitrogen and oxygen atoms in total. The first-order valence-electron chi connectivity index (χ1n) is 9.02. The molecule has 138 valence electrons. The number of benzene rings is 2. The zero-order valence-electron chi connectivity index (χ0n) is 15.3. The molecule has 1 fully saturated rings. The number of nitrogens with one attached hydrogen (secondary N) is 2. The summed E-state index contributed by atoms with van der Waals surface area (Å²) in [5.74, 6) is -0.261. The zero-order valence-corrected chi connectivity index (χ0v) is 15.3.